The first-order chi connectivity index (χ1) is 12.1. The summed E-state index contributed by atoms with van der Waals surface area (Å²) < 4.78 is 5.09. The summed E-state index contributed by atoms with van der Waals surface area (Å²) in [5.41, 5.74) is 7.28. The van der Waals surface area contributed by atoms with Gasteiger partial charge in [-0.1, -0.05) is 12.1 Å². The van der Waals surface area contributed by atoms with Crippen molar-refractivity contribution in [3.63, 3.8) is 0 Å². The predicted octanol–water partition coefficient (Wildman–Crippen LogP) is 2.16. The van der Waals surface area contributed by atoms with E-state index in [1.165, 1.54) is 7.11 Å². The van der Waals surface area contributed by atoms with E-state index in [1.54, 1.807) is 30.5 Å². The number of aromatic nitrogens is 1. The molecule has 0 bridgehead atoms. The van der Waals surface area contributed by atoms with E-state index < -0.39 is 0 Å². The maximum absolute atomic E-state index is 12.2. The van der Waals surface area contributed by atoms with Gasteiger partial charge in [-0.2, -0.15) is 0 Å². The Balaban J connectivity index is 0.00000338. The van der Waals surface area contributed by atoms with E-state index >= 15 is 0 Å². The van der Waals surface area contributed by atoms with Crippen molar-refractivity contribution in [1.82, 2.24) is 10.3 Å². The van der Waals surface area contributed by atoms with Crippen LogP contribution in [0.25, 0.3) is 0 Å². The highest BCUT2D eigenvalue weighted by atomic mass is 35.5. The van der Waals surface area contributed by atoms with Gasteiger partial charge in [0.2, 0.25) is 5.91 Å². The van der Waals surface area contributed by atoms with Gasteiger partial charge in [-0.25, -0.2) is 0 Å². The lowest BCUT2D eigenvalue weighted by Gasteiger charge is -2.13. The minimum atomic E-state index is -0.329. The van der Waals surface area contributed by atoms with Crippen LogP contribution >= 0.6 is 24.8 Å². The fourth-order valence-corrected chi connectivity index (χ4v) is 2.20. The molecule has 0 spiro atoms. The number of anilines is 1. The van der Waals surface area contributed by atoms with Crippen LogP contribution in [0.3, 0.4) is 0 Å². The molecule has 1 unspecified atom stereocenters. The largest absolute Gasteiger partial charge is 0.380 e. The van der Waals surface area contributed by atoms with E-state index in [4.69, 9.17) is 10.5 Å². The van der Waals surface area contributed by atoms with Gasteiger partial charge in [-0.3, -0.25) is 14.6 Å². The normalized spacial score (nSPS) is 10.7. The zero-order chi connectivity index (χ0) is 18.1. The van der Waals surface area contributed by atoms with Gasteiger partial charge in [0.25, 0.3) is 5.91 Å². The topological polar surface area (TPSA) is 106 Å². The summed E-state index contributed by atoms with van der Waals surface area (Å²) in [6.45, 7) is 0.599. The third-order valence-corrected chi connectivity index (χ3v) is 3.57. The van der Waals surface area contributed by atoms with Crippen LogP contribution in [0.1, 0.15) is 22.5 Å². The molecular formula is C18H24Cl2N4O3. The monoisotopic (exact) mass is 414 g/mol. The van der Waals surface area contributed by atoms with E-state index in [2.05, 4.69) is 15.6 Å². The second kappa shape index (κ2) is 13.1. The molecule has 1 heterocycles. The van der Waals surface area contributed by atoms with Crippen molar-refractivity contribution in [2.45, 2.75) is 19.1 Å². The molecule has 0 aliphatic carbocycles. The lowest BCUT2D eigenvalue weighted by Crippen LogP contribution is -2.28. The van der Waals surface area contributed by atoms with Gasteiger partial charge in [-0.15, -0.1) is 24.8 Å². The summed E-state index contributed by atoms with van der Waals surface area (Å²) in [7, 11) is 1.51. The van der Waals surface area contributed by atoms with Gasteiger partial charge in [-0.05, 0) is 30.3 Å². The Morgan fingerprint density at radius 2 is 1.96 bits per heavy atom. The number of rotatable bonds is 8. The Kier molecular flexibility index (Phi) is 12.0. The van der Waals surface area contributed by atoms with Gasteiger partial charge in [0, 0.05) is 31.1 Å². The molecule has 9 heteroatoms. The molecule has 2 amide bonds. The zero-order valence-electron chi connectivity index (χ0n) is 14.9. The molecule has 1 atom stereocenters. The van der Waals surface area contributed by atoms with Crippen LogP contribution in [0.4, 0.5) is 5.69 Å². The highest BCUT2D eigenvalue weighted by molar-refractivity contribution is 5.97. The number of halogens is 2. The number of carbonyl (C=O) groups excluding carboxylic acids is 2. The molecule has 2 aromatic rings. The first kappa shape index (κ1) is 24.8. The van der Waals surface area contributed by atoms with E-state index in [1.807, 2.05) is 18.2 Å². The average molecular weight is 415 g/mol. The van der Waals surface area contributed by atoms with Crippen molar-refractivity contribution in [2.24, 2.45) is 5.73 Å². The maximum atomic E-state index is 12.2. The Hall–Kier alpha value is -2.19. The first-order valence-corrected chi connectivity index (χ1v) is 7.93. The molecule has 148 valence electrons. The number of nitrogens with one attached hydrogen (secondary N) is 2. The third kappa shape index (κ3) is 8.36. The van der Waals surface area contributed by atoms with Gasteiger partial charge < -0.3 is 21.1 Å². The molecule has 0 fully saturated rings. The number of nitrogens with zero attached hydrogens (tertiary/aromatic N) is 1. The molecule has 7 nitrogen and oxygen atoms in total. The Morgan fingerprint density at radius 3 is 2.59 bits per heavy atom. The highest BCUT2D eigenvalue weighted by Gasteiger charge is 2.12. The Morgan fingerprint density at radius 1 is 1.19 bits per heavy atom. The van der Waals surface area contributed by atoms with Crippen LogP contribution in [-0.4, -0.2) is 36.6 Å². The summed E-state index contributed by atoms with van der Waals surface area (Å²) in [6.07, 6.45) is 1.50. The van der Waals surface area contributed by atoms with Crippen molar-refractivity contribution in [2.75, 3.05) is 19.0 Å². The van der Waals surface area contributed by atoms with Crippen LogP contribution in [0, 0.1) is 0 Å². The molecule has 1 aromatic carbocycles. The second-order valence-corrected chi connectivity index (χ2v) is 5.43. The number of hydrogen-bond donors (Lipinski definition) is 3. The molecule has 2 rings (SSSR count). The molecule has 0 aliphatic rings. The summed E-state index contributed by atoms with van der Waals surface area (Å²) in [5, 5.41) is 5.54. The summed E-state index contributed by atoms with van der Waals surface area (Å²) in [6, 6.07) is 12.2. The zero-order valence-corrected chi connectivity index (χ0v) is 16.5. The number of pyridine rings is 1. The van der Waals surface area contributed by atoms with Crippen molar-refractivity contribution in [3.8, 4) is 0 Å². The molecule has 0 aliphatic heterocycles. The minimum Gasteiger partial charge on any atom is -0.380 e. The van der Waals surface area contributed by atoms with Crippen LogP contribution in [0.2, 0.25) is 0 Å². The van der Waals surface area contributed by atoms with Crippen LogP contribution < -0.4 is 16.4 Å². The van der Waals surface area contributed by atoms with Crippen LogP contribution in [0.15, 0.2) is 48.7 Å². The van der Waals surface area contributed by atoms with Crippen molar-refractivity contribution in [1.29, 1.82) is 0 Å². The fourth-order valence-electron chi connectivity index (χ4n) is 2.20. The molecule has 0 saturated carbocycles. The number of nitrogens with two attached hydrogens (primary N) is 1. The number of methoxy groups -OCH3 is 1. The lowest BCUT2D eigenvalue weighted by atomic mass is 10.1. The van der Waals surface area contributed by atoms with Gasteiger partial charge in [0.05, 0.1) is 24.8 Å². The second-order valence-electron chi connectivity index (χ2n) is 5.43. The van der Waals surface area contributed by atoms with Crippen molar-refractivity contribution in [3.05, 3.63) is 59.9 Å². The standard InChI is InChI=1S/C18H22N4O3.2ClH/c1-25-16(11-19)10-17(23)22-14-7-4-5-13(9-14)18(24)21-12-15-6-2-3-8-20-15;;/h2-9,16H,10-12,19H2,1H3,(H,21,24)(H,22,23);2*1H. The van der Waals surface area contributed by atoms with Crippen molar-refractivity contribution < 1.29 is 14.3 Å². The molecular weight excluding hydrogens is 391 g/mol. The molecule has 4 N–H and O–H groups in total. The van der Waals surface area contributed by atoms with E-state index in [0.717, 1.165) is 5.69 Å². The summed E-state index contributed by atoms with van der Waals surface area (Å²) in [5.74, 6) is -0.457. The Labute approximate surface area is 170 Å². The summed E-state index contributed by atoms with van der Waals surface area (Å²) in [4.78, 5) is 28.4. The van der Waals surface area contributed by atoms with Crippen molar-refractivity contribution >= 4 is 42.3 Å². The highest BCUT2D eigenvalue weighted by Crippen LogP contribution is 2.12. The number of hydrogen-bond acceptors (Lipinski definition) is 5. The minimum absolute atomic E-state index is 0. The fraction of sp³-hybridized carbons (Fsp3) is 0.278. The molecule has 27 heavy (non-hydrogen) atoms. The number of carbonyl (C=O) groups is 2. The number of benzene rings is 1. The van der Waals surface area contributed by atoms with E-state index in [-0.39, 0.29) is 55.7 Å². The SMILES string of the molecule is COC(CN)CC(=O)Nc1cccc(C(=O)NCc2ccccn2)c1.Cl.Cl. The predicted molar refractivity (Wildman–Crippen MR) is 109 cm³/mol. The number of ether oxygens (including phenoxy) is 1. The van der Waals surface area contributed by atoms with Gasteiger partial charge in [0.1, 0.15) is 0 Å². The molecule has 0 radical (unpaired) electrons. The maximum Gasteiger partial charge on any atom is 0.251 e. The molecule has 1 aromatic heterocycles. The van der Waals surface area contributed by atoms with E-state index in [0.29, 0.717) is 17.8 Å². The Bertz CT molecular complexity index is 713. The quantitative estimate of drug-likeness (QED) is 0.613. The number of amides is 2. The first-order valence-electron chi connectivity index (χ1n) is 7.93. The summed E-state index contributed by atoms with van der Waals surface area (Å²) >= 11 is 0. The smallest absolute Gasteiger partial charge is 0.251 e. The van der Waals surface area contributed by atoms with Crippen LogP contribution in [-0.2, 0) is 16.1 Å². The van der Waals surface area contributed by atoms with Crippen LogP contribution in [0.5, 0.6) is 0 Å². The third-order valence-electron chi connectivity index (χ3n) is 3.57. The van der Waals surface area contributed by atoms with Gasteiger partial charge in [0.15, 0.2) is 0 Å². The molecule has 0 saturated heterocycles. The average Bonchev–Trinajstić information content (AvgIpc) is 2.65. The van der Waals surface area contributed by atoms with Gasteiger partial charge >= 0.3 is 0 Å². The van der Waals surface area contributed by atoms with E-state index in [9.17, 15) is 9.59 Å². The lowest BCUT2D eigenvalue weighted by molar-refractivity contribution is -0.118.